The largest absolute Gasteiger partial charge is 0.393 e. The summed E-state index contributed by atoms with van der Waals surface area (Å²) in [6, 6.07) is 0. The summed E-state index contributed by atoms with van der Waals surface area (Å²) in [7, 11) is 0. The van der Waals surface area contributed by atoms with E-state index in [1.165, 1.54) is 0 Å². The number of aliphatic hydroxyl groups is 1. The highest BCUT2D eigenvalue weighted by atomic mass is 17.2. The highest BCUT2D eigenvalue weighted by Gasteiger charge is 2.44. The number of hydrogen-bond donors (Lipinski definition) is 1. The summed E-state index contributed by atoms with van der Waals surface area (Å²) in [5.41, 5.74) is -0.694. The number of aliphatic hydroxyl groups excluding tert-OH is 1. The van der Waals surface area contributed by atoms with Crippen molar-refractivity contribution >= 4 is 0 Å². The zero-order valence-corrected chi connectivity index (χ0v) is 9.13. The van der Waals surface area contributed by atoms with Crippen molar-refractivity contribution in [2.45, 2.75) is 58.3 Å². The van der Waals surface area contributed by atoms with Crippen LogP contribution in [-0.2, 0) is 9.78 Å². The molecule has 2 unspecified atom stereocenters. The summed E-state index contributed by atoms with van der Waals surface area (Å²) in [5.74, 6) is 0.122. The molecule has 2 atom stereocenters. The van der Waals surface area contributed by atoms with Gasteiger partial charge in [0.2, 0.25) is 0 Å². The first-order valence-electron chi connectivity index (χ1n) is 4.79. The third kappa shape index (κ3) is 2.42. The Morgan fingerprint density at radius 2 is 1.77 bits per heavy atom. The Kier molecular flexibility index (Phi) is 2.72. The summed E-state index contributed by atoms with van der Waals surface area (Å²) < 4.78 is 0. The van der Waals surface area contributed by atoms with Crippen molar-refractivity contribution in [3.63, 3.8) is 0 Å². The second-order valence-electron chi connectivity index (χ2n) is 5.08. The second kappa shape index (κ2) is 3.23. The van der Waals surface area contributed by atoms with Crippen molar-refractivity contribution in [2.75, 3.05) is 0 Å². The van der Waals surface area contributed by atoms with Crippen LogP contribution in [0.2, 0.25) is 0 Å². The van der Waals surface area contributed by atoms with Crippen LogP contribution in [0.15, 0.2) is 0 Å². The quantitative estimate of drug-likeness (QED) is 0.639. The fraction of sp³-hybridized carbons (Fsp3) is 1.00. The molecule has 1 rings (SSSR count). The summed E-state index contributed by atoms with van der Waals surface area (Å²) in [4.78, 5) is 10.5. The standard InChI is InChI=1S/C10H20O3/c1-7(11)8-6-9(2,3)12-13-10(8,4)5/h7-8,11H,6H2,1-5H3. The van der Waals surface area contributed by atoms with Crippen molar-refractivity contribution in [1.29, 1.82) is 0 Å². The molecule has 0 amide bonds. The molecule has 0 aliphatic carbocycles. The lowest BCUT2D eigenvalue weighted by molar-refractivity contribution is -0.443. The molecule has 13 heavy (non-hydrogen) atoms. The molecule has 0 spiro atoms. The highest BCUT2D eigenvalue weighted by Crippen LogP contribution is 2.39. The minimum atomic E-state index is -0.399. The zero-order valence-electron chi connectivity index (χ0n) is 9.13. The van der Waals surface area contributed by atoms with Gasteiger partial charge in [-0.3, -0.25) is 0 Å². The van der Waals surface area contributed by atoms with Crippen molar-refractivity contribution in [3.05, 3.63) is 0 Å². The normalized spacial score (nSPS) is 34.2. The van der Waals surface area contributed by atoms with E-state index in [1.54, 1.807) is 6.92 Å². The maximum Gasteiger partial charge on any atom is 0.103 e. The van der Waals surface area contributed by atoms with Gasteiger partial charge >= 0.3 is 0 Å². The maximum absolute atomic E-state index is 9.61. The minimum Gasteiger partial charge on any atom is -0.393 e. The van der Waals surface area contributed by atoms with Crippen LogP contribution in [0.1, 0.15) is 41.0 Å². The van der Waals surface area contributed by atoms with Crippen LogP contribution < -0.4 is 0 Å². The zero-order chi connectivity index (χ0) is 10.3. The SMILES string of the molecule is CC(O)C1CC(C)(C)OOC1(C)C. The Morgan fingerprint density at radius 1 is 1.23 bits per heavy atom. The van der Waals surface area contributed by atoms with Gasteiger partial charge in [-0.1, -0.05) is 0 Å². The highest BCUT2D eigenvalue weighted by molar-refractivity contribution is 4.89. The molecule has 3 nitrogen and oxygen atoms in total. The van der Waals surface area contributed by atoms with Crippen LogP contribution in [0, 0.1) is 5.92 Å². The maximum atomic E-state index is 9.61. The van der Waals surface area contributed by atoms with Crippen LogP contribution in [0.5, 0.6) is 0 Å². The summed E-state index contributed by atoms with van der Waals surface area (Å²) in [5, 5.41) is 9.61. The fourth-order valence-corrected chi connectivity index (χ4v) is 1.84. The van der Waals surface area contributed by atoms with Crippen molar-refractivity contribution in [2.24, 2.45) is 5.92 Å². The molecule has 1 aliphatic heterocycles. The molecular weight excluding hydrogens is 168 g/mol. The molecule has 1 N–H and O–H groups in total. The second-order valence-corrected chi connectivity index (χ2v) is 5.08. The van der Waals surface area contributed by atoms with Gasteiger partial charge in [-0.2, -0.15) is 0 Å². The van der Waals surface area contributed by atoms with E-state index in [4.69, 9.17) is 9.78 Å². The molecule has 0 bridgehead atoms. The van der Waals surface area contributed by atoms with Crippen LogP contribution in [0.25, 0.3) is 0 Å². The Labute approximate surface area is 80.0 Å². The van der Waals surface area contributed by atoms with Gasteiger partial charge in [0, 0.05) is 5.92 Å². The topological polar surface area (TPSA) is 38.7 Å². The lowest BCUT2D eigenvalue weighted by atomic mass is 9.78. The van der Waals surface area contributed by atoms with Crippen molar-refractivity contribution < 1.29 is 14.9 Å². The van der Waals surface area contributed by atoms with E-state index in [-0.39, 0.29) is 17.6 Å². The number of rotatable bonds is 1. The third-order valence-electron chi connectivity index (χ3n) is 2.67. The van der Waals surface area contributed by atoms with E-state index in [9.17, 15) is 5.11 Å². The van der Waals surface area contributed by atoms with Gasteiger partial charge in [0.25, 0.3) is 0 Å². The molecule has 0 aromatic carbocycles. The third-order valence-corrected chi connectivity index (χ3v) is 2.67. The molecule has 0 saturated carbocycles. The Morgan fingerprint density at radius 3 is 2.15 bits per heavy atom. The Hall–Kier alpha value is -0.120. The average molecular weight is 188 g/mol. The van der Waals surface area contributed by atoms with Gasteiger partial charge < -0.3 is 5.11 Å². The monoisotopic (exact) mass is 188 g/mol. The van der Waals surface area contributed by atoms with Gasteiger partial charge in [-0.05, 0) is 41.0 Å². The van der Waals surface area contributed by atoms with E-state index in [0.717, 1.165) is 6.42 Å². The minimum absolute atomic E-state index is 0.122. The van der Waals surface area contributed by atoms with Gasteiger partial charge in [0.05, 0.1) is 11.7 Å². The lowest BCUT2D eigenvalue weighted by Gasteiger charge is -2.45. The fourth-order valence-electron chi connectivity index (χ4n) is 1.84. The van der Waals surface area contributed by atoms with E-state index in [0.29, 0.717) is 0 Å². The van der Waals surface area contributed by atoms with Crippen LogP contribution >= 0.6 is 0 Å². The molecule has 3 heteroatoms. The lowest BCUT2D eigenvalue weighted by Crippen LogP contribution is -2.51. The van der Waals surface area contributed by atoms with Crippen LogP contribution in [-0.4, -0.2) is 22.4 Å². The summed E-state index contributed by atoms with van der Waals surface area (Å²) >= 11 is 0. The first kappa shape index (κ1) is 11.0. The van der Waals surface area contributed by atoms with Crippen molar-refractivity contribution in [1.82, 2.24) is 0 Å². The van der Waals surface area contributed by atoms with Crippen molar-refractivity contribution in [3.8, 4) is 0 Å². The average Bonchev–Trinajstić information content (AvgIpc) is 1.95. The Balaban J connectivity index is 2.76. The molecule has 1 aliphatic rings. The molecule has 1 fully saturated rings. The van der Waals surface area contributed by atoms with Crippen LogP contribution in [0.3, 0.4) is 0 Å². The van der Waals surface area contributed by atoms with Crippen LogP contribution in [0.4, 0.5) is 0 Å². The van der Waals surface area contributed by atoms with E-state index in [1.807, 2.05) is 27.7 Å². The van der Waals surface area contributed by atoms with Gasteiger partial charge in [0.15, 0.2) is 0 Å². The van der Waals surface area contributed by atoms with Gasteiger partial charge in [-0.25, -0.2) is 9.78 Å². The van der Waals surface area contributed by atoms with E-state index < -0.39 is 5.60 Å². The first-order valence-corrected chi connectivity index (χ1v) is 4.79. The predicted molar refractivity (Wildman–Crippen MR) is 50.1 cm³/mol. The molecule has 0 radical (unpaired) electrons. The molecule has 78 valence electrons. The first-order chi connectivity index (χ1) is 5.75. The smallest absolute Gasteiger partial charge is 0.103 e. The molecule has 0 aromatic rings. The molecule has 1 saturated heterocycles. The summed E-state index contributed by atoms with van der Waals surface area (Å²) in [6.07, 6.45) is 0.454. The number of hydrogen-bond acceptors (Lipinski definition) is 3. The molecule has 1 heterocycles. The van der Waals surface area contributed by atoms with E-state index in [2.05, 4.69) is 0 Å². The van der Waals surface area contributed by atoms with Gasteiger partial charge in [0.1, 0.15) is 5.60 Å². The molecular formula is C10H20O3. The van der Waals surface area contributed by atoms with Gasteiger partial charge in [-0.15, -0.1) is 0 Å². The Bertz CT molecular complexity index is 185. The molecule has 0 aromatic heterocycles. The van der Waals surface area contributed by atoms with E-state index >= 15 is 0 Å². The summed E-state index contributed by atoms with van der Waals surface area (Å²) in [6.45, 7) is 9.63. The predicted octanol–water partition coefficient (Wildman–Crippen LogP) is 1.89.